The smallest absolute Gasteiger partial charge is 0.258 e. The zero-order valence-electron chi connectivity index (χ0n) is 16.3. The maximum absolute atomic E-state index is 12.3. The van der Waals surface area contributed by atoms with Crippen molar-refractivity contribution in [3.63, 3.8) is 0 Å². The van der Waals surface area contributed by atoms with E-state index in [9.17, 15) is 4.79 Å². The number of carbonyl (C=O) groups is 1. The fourth-order valence-electron chi connectivity index (χ4n) is 3.44. The van der Waals surface area contributed by atoms with Crippen LogP contribution >= 0.6 is 11.3 Å². The Labute approximate surface area is 170 Å². The molecule has 6 heteroatoms. The van der Waals surface area contributed by atoms with Crippen molar-refractivity contribution in [2.75, 3.05) is 26.2 Å². The van der Waals surface area contributed by atoms with Crippen molar-refractivity contribution in [1.29, 1.82) is 5.26 Å². The maximum atomic E-state index is 12.3. The van der Waals surface area contributed by atoms with Gasteiger partial charge in [0.15, 0.2) is 6.61 Å². The van der Waals surface area contributed by atoms with Crippen LogP contribution in [0, 0.1) is 17.2 Å². The molecule has 1 unspecified atom stereocenters. The molecule has 1 aliphatic heterocycles. The highest BCUT2D eigenvalue weighted by Gasteiger charge is 2.25. The first-order chi connectivity index (χ1) is 13.7. The molecule has 1 aliphatic rings. The predicted octanol–water partition coefficient (Wildman–Crippen LogP) is 3.78. The second-order valence-corrected chi connectivity index (χ2v) is 8.30. The van der Waals surface area contributed by atoms with Crippen molar-refractivity contribution in [3.8, 4) is 11.8 Å². The molecule has 1 fully saturated rings. The van der Waals surface area contributed by atoms with Gasteiger partial charge in [-0.2, -0.15) is 5.26 Å². The molecule has 1 saturated heterocycles. The van der Waals surface area contributed by atoms with Crippen molar-refractivity contribution in [2.45, 2.75) is 32.2 Å². The summed E-state index contributed by atoms with van der Waals surface area (Å²) in [6, 6.07) is 13.8. The fourth-order valence-corrected chi connectivity index (χ4v) is 4.30. The predicted molar refractivity (Wildman–Crippen MR) is 111 cm³/mol. The topological polar surface area (TPSA) is 65.4 Å². The molecule has 0 aliphatic carbocycles. The molecule has 0 bridgehead atoms. The number of ether oxygens (including phenoxy) is 1. The number of nitrogens with one attached hydrogen (secondary N) is 1. The lowest BCUT2D eigenvalue weighted by molar-refractivity contribution is -0.123. The summed E-state index contributed by atoms with van der Waals surface area (Å²) < 4.78 is 5.58. The second-order valence-electron chi connectivity index (χ2n) is 7.32. The third kappa shape index (κ3) is 5.82. The molecule has 1 atom stereocenters. The summed E-state index contributed by atoms with van der Waals surface area (Å²) in [5, 5.41) is 13.8. The molecule has 5 nitrogen and oxygen atoms in total. The molecule has 0 saturated carbocycles. The fraction of sp³-hybridized carbons (Fsp3) is 0.455. The lowest BCUT2D eigenvalue weighted by atomic mass is 9.97. The number of thiophene rings is 1. The van der Waals surface area contributed by atoms with Gasteiger partial charge in [-0.3, -0.25) is 9.69 Å². The quantitative estimate of drug-likeness (QED) is 0.736. The number of piperidine rings is 1. The highest BCUT2D eigenvalue weighted by Crippen LogP contribution is 2.29. The van der Waals surface area contributed by atoms with Crippen LogP contribution in [0.1, 0.15) is 36.2 Å². The Balaban J connectivity index is 1.50. The highest BCUT2D eigenvalue weighted by atomic mass is 32.1. The zero-order chi connectivity index (χ0) is 19.8. The van der Waals surface area contributed by atoms with Crippen LogP contribution in [0.2, 0.25) is 0 Å². The molecule has 2 aromatic rings. The molecular weight excluding hydrogens is 370 g/mol. The van der Waals surface area contributed by atoms with Crippen LogP contribution in [-0.2, 0) is 11.2 Å². The van der Waals surface area contributed by atoms with E-state index in [0.717, 1.165) is 24.6 Å². The molecule has 3 rings (SSSR count). The van der Waals surface area contributed by atoms with Gasteiger partial charge in [-0.25, -0.2) is 0 Å². The van der Waals surface area contributed by atoms with Gasteiger partial charge in [0.25, 0.3) is 5.91 Å². The van der Waals surface area contributed by atoms with E-state index in [4.69, 9.17) is 10.00 Å². The number of carbonyl (C=O) groups excluding carboxylic acids is 1. The van der Waals surface area contributed by atoms with Crippen LogP contribution in [0.15, 0.2) is 41.8 Å². The van der Waals surface area contributed by atoms with Crippen molar-refractivity contribution in [3.05, 3.63) is 52.2 Å². The Morgan fingerprint density at radius 3 is 2.71 bits per heavy atom. The number of hydrogen-bond donors (Lipinski definition) is 1. The minimum absolute atomic E-state index is 0.00814. The Kier molecular flexibility index (Phi) is 7.46. The number of nitriles is 1. The van der Waals surface area contributed by atoms with Gasteiger partial charge in [-0.15, -0.1) is 11.3 Å². The standard InChI is InChI=1S/C22H27N3O2S/c1-17-9-12-25(13-10-17)20(21-3-2-14-28-21)15-24-22(26)16-27-19-6-4-18(5-7-19)8-11-23/h2-7,14,17,20H,8-10,12-13,15-16H2,1H3,(H,24,26). The first-order valence-electron chi connectivity index (χ1n) is 9.78. The number of hydrogen-bond acceptors (Lipinski definition) is 5. The largest absolute Gasteiger partial charge is 0.484 e. The van der Waals surface area contributed by atoms with Gasteiger partial charge >= 0.3 is 0 Å². The molecular formula is C22H27N3O2S. The summed E-state index contributed by atoms with van der Waals surface area (Å²) in [6.07, 6.45) is 2.79. The van der Waals surface area contributed by atoms with Gasteiger partial charge in [0, 0.05) is 11.4 Å². The minimum Gasteiger partial charge on any atom is -0.484 e. The SMILES string of the molecule is CC1CCN(C(CNC(=O)COc2ccc(CC#N)cc2)c2cccs2)CC1. The Bertz CT molecular complexity index is 775. The minimum atomic E-state index is -0.118. The molecule has 1 amide bonds. The Morgan fingerprint density at radius 1 is 1.32 bits per heavy atom. The summed E-state index contributed by atoms with van der Waals surface area (Å²) in [7, 11) is 0. The molecule has 1 aromatic carbocycles. The van der Waals surface area contributed by atoms with Gasteiger partial charge in [0.1, 0.15) is 5.75 Å². The summed E-state index contributed by atoms with van der Waals surface area (Å²) in [5.41, 5.74) is 0.939. The first kappa shape index (κ1) is 20.4. The molecule has 0 radical (unpaired) electrons. The highest BCUT2D eigenvalue weighted by molar-refractivity contribution is 7.10. The van der Waals surface area contributed by atoms with E-state index in [1.165, 1.54) is 17.7 Å². The van der Waals surface area contributed by atoms with E-state index in [1.807, 2.05) is 12.1 Å². The average molecular weight is 398 g/mol. The van der Waals surface area contributed by atoms with Crippen LogP contribution in [0.5, 0.6) is 5.75 Å². The summed E-state index contributed by atoms with van der Waals surface area (Å²) >= 11 is 1.75. The Hall–Kier alpha value is -2.36. The summed E-state index contributed by atoms with van der Waals surface area (Å²) in [5.74, 6) is 1.30. The van der Waals surface area contributed by atoms with Crippen LogP contribution < -0.4 is 10.1 Å². The van der Waals surface area contributed by atoms with Crippen LogP contribution in [0.4, 0.5) is 0 Å². The lowest BCUT2D eigenvalue weighted by Gasteiger charge is -2.36. The first-order valence-corrected chi connectivity index (χ1v) is 10.7. The normalized spacial score (nSPS) is 16.3. The zero-order valence-corrected chi connectivity index (χ0v) is 17.1. The van der Waals surface area contributed by atoms with Gasteiger partial charge in [-0.05, 0) is 61.0 Å². The monoisotopic (exact) mass is 397 g/mol. The Morgan fingerprint density at radius 2 is 2.07 bits per heavy atom. The van der Waals surface area contributed by atoms with Crippen molar-refractivity contribution in [1.82, 2.24) is 10.2 Å². The summed E-state index contributed by atoms with van der Waals surface area (Å²) in [4.78, 5) is 16.1. The van der Waals surface area contributed by atoms with Crippen molar-refractivity contribution in [2.24, 2.45) is 5.92 Å². The molecule has 1 N–H and O–H groups in total. The van der Waals surface area contributed by atoms with Gasteiger partial charge in [-0.1, -0.05) is 25.1 Å². The summed E-state index contributed by atoms with van der Waals surface area (Å²) in [6.45, 7) is 5.05. The number of amides is 1. The van der Waals surface area contributed by atoms with E-state index in [-0.39, 0.29) is 18.6 Å². The van der Waals surface area contributed by atoms with E-state index < -0.39 is 0 Å². The van der Waals surface area contributed by atoms with Gasteiger partial charge in [0.05, 0.1) is 18.5 Å². The number of likely N-dealkylation sites (tertiary alicyclic amines) is 1. The van der Waals surface area contributed by atoms with Gasteiger partial charge < -0.3 is 10.1 Å². The van der Waals surface area contributed by atoms with E-state index in [0.29, 0.717) is 18.7 Å². The third-order valence-corrected chi connectivity index (χ3v) is 6.17. The maximum Gasteiger partial charge on any atom is 0.258 e. The number of rotatable bonds is 8. The third-order valence-electron chi connectivity index (χ3n) is 5.20. The van der Waals surface area contributed by atoms with Crippen LogP contribution in [0.25, 0.3) is 0 Å². The molecule has 148 valence electrons. The number of benzene rings is 1. The average Bonchev–Trinajstić information content (AvgIpc) is 3.24. The number of nitrogens with zero attached hydrogens (tertiary/aromatic N) is 2. The molecule has 2 heterocycles. The van der Waals surface area contributed by atoms with Crippen molar-refractivity contribution >= 4 is 17.2 Å². The second kappa shape index (κ2) is 10.3. The lowest BCUT2D eigenvalue weighted by Crippen LogP contribution is -2.42. The molecule has 1 aromatic heterocycles. The van der Waals surface area contributed by atoms with E-state index in [2.05, 4.69) is 40.7 Å². The van der Waals surface area contributed by atoms with E-state index >= 15 is 0 Å². The van der Waals surface area contributed by atoms with Crippen LogP contribution in [0.3, 0.4) is 0 Å². The van der Waals surface area contributed by atoms with E-state index in [1.54, 1.807) is 23.5 Å². The molecule has 28 heavy (non-hydrogen) atoms. The van der Waals surface area contributed by atoms with Gasteiger partial charge in [0.2, 0.25) is 0 Å². The molecule has 0 spiro atoms. The van der Waals surface area contributed by atoms with Crippen molar-refractivity contribution < 1.29 is 9.53 Å². The van der Waals surface area contributed by atoms with Crippen LogP contribution in [-0.4, -0.2) is 37.0 Å².